The van der Waals surface area contributed by atoms with Crippen LogP contribution < -0.4 is 5.32 Å². The number of nitrogens with zero attached hydrogens (tertiary/aromatic N) is 2. The van der Waals surface area contributed by atoms with Gasteiger partial charge in [-0.15, -0.1) is 11.7 Å². The number of hydrogen-bond donors (Lipinski definition) is 1. The fraction of sp³-hybridized carbons (Fsp3) is 0.182. The summed E-state index contributed by atoms with van der Waals surface area (Å²) in [7, 11) is 0. The van der Waals surface area contributed by atoms with E-state index in [4.69, 9.17) is 4.42 Å². The molecular formula is C11H11N3O2S. The molecule has 0 saturated carbocycles. The number of carbonyl (C=O) groups excluding carboxylic acids is 1. The molecule has 2 heterocycles. The van der Waals surface area contributed by atoms with Crippen molar-refractivity contribution in [2.75, 3.05) is 0 Å². The minimum Gasteiger partial charge on any atom is -0.463 e. The molecule has 1 aliphatic heterocycles. The first-order valence-electron chi connectivity index (χ1n) is 5.02. The van der Waals surface area contributed by atoms with Crippen LogP contribution in [0, 0.1) is 0 Å². The highest BCUT2D eigenvalue weighted by molar-refractivity contribution is 8.15. The van der Waals surface area contributed by atoms with E-state index in [-0.39, 0.29) is 11.2 Å². The Balaban J connectivity index is 1.95. The maximum absolute atomic E-state index is 11.4. The average molecular weight is 249 g/mol. The minimum absolute atomic E-state index is 0.0538. The minimum atomic E-state index is -0.148. The van der Waals surface area contributed by atoms with E-state index in [0.29, 0.717) is 17.3 Å². The van der Waals surface area contributed by atoms with Crippen molar-refractivity contribution in [3.8, 4) is 0 Å². The van der Waals surface area contributed by atoms with Crippen LogP contribution in [0.25, 0.3) is 0 Å². The maximum Gasteiger partial charge on any atom is 0.239 e. The Kier molecular flexibility index (Phi) is 3.77. The van der Waals surface area contributed by atoms with E-state index in [1.165, 1.54) is 18.0 Å². The predicted molar refractivity (Wildman–Crippen MR) is 68.1 cm³/mol. The molecular weight excluding hydrogens is 238 g/mol. The topological polar surface area (TPSA) is 67.0 Å². The van der Waals surface area contributed by atoms with Crippen molar-refractivity contribution in [3.05, 3.63) is 36.8 Å². The van der Waals surface area contributed by atoms with Crippen LogP contribution in [0.2, 0.25) is 0 Å². The van der Waals surface area contributed by atoms with E-state index in [9.17, 15) is 4.79 Å². The van der Waals surface area contributed by atoms with Gasteiger partial charge in [0, 0.05) is 0 Å². The molecule has 0 aromatic carbocycles. The lowest BCUT2D eigenvalue weighted by Gasteiger charge is -1.96. The van der Waals surface area contributed by atoms with Crippen molar-refractivity contribution in [1.82, 2.24) is 5.32 Å². The van der Waals surface area contributed by atoms with Gasteiger partial charge in [-0.2, -0.15) is 5.10 Å². The zero-order valence-electron chi connectivity index (χ0n) is 9.00. The molecule has 1 saturated heterocycles. The second-order valence-electron chi connectivity index (χ2n) is 3.29. The van der Waals surface area contributed by atoms with Crippen LogP contribution in [0.5, 0.6) is 0 Å². The van der Waals surface area contributed by atoms with Gasteiger partial charge in [0.2, 0.25) is 5.91 Å². The van der Waals surface area contributed by atoms with Crippen LogP contribution in [0.4, 0.5) is 0 Å². The molecule has 1 atom stereocenters. The second-order valence-corrected chi connectivity index (χ2v) is 4.48. The highest BCUT2D eigenvalue weighted by atomic mass is 32.2. The fourth-order valence-electron chi connectivity index (χ4n) is 1.26. The Bertz CT molecular complexity index is 465. The Morgan fingerprint density at radius 2 is 2.53 bits per heavy atom. The number of nitrogens with one attached hydrogen (secondary N) is 1. The molecule has 0 spiro atoms. The van der Waals surface area contributed by atoms with Gasteiger partial charge in [0.25, 0.3) is 0 Å². The number of thioether (sulfide) groups is 1. The summed E-state index contributed by atoms with van der Waals surface area (Å²) in [6.45, 7) is 3.60. The summed E-state index contributed by atoms with van der Waals surface area (Å²) in [6.07, 6.45) is 5.38. The number of hydrogen-bond acceptors (Lipinski definition) is 5. The Morgan fingerprint density at radius 1 is 1.65 bits per heavy atom. The summed E-state index contributed by atoms with van der Waals surface area (Å²) >= 11 is 1.35. The first-order valence-corrected chi connectivity index (χ1v) is 5.90. The number of amides is 1. The normalized spacial score (nSPS) is 22.2. The predicted octanol–water partition coefficient (Wildman–Crippen LogP) is 1.78. The zero-order valence-corrected chi connectivity index (χ0v) is 9.81. The number of rotatable bonds is 4. The molecule has 6 heteroatoms. The van der Waals surface area contributed by atoms with Gasteiger partial charge in [-0.25, -0.2) is 0 Å². The van der Waals surface area contributed by atoms with E-state index in [1.54, 1.807) is 24.5 Å². The van der Waals surface area contributed by atoms with Crippen molar-refractivity contribution in [3.63, 3.8) is 0 Å². The molecule has 1 amide bonds. The quantitative estimate of drug-likeness (QED) is 0.502. The largest absolute Gasteiger partial charge is 0.463 e. The summed E-state index contributed by atoms with van der Waals surface area (Å²) < 4.78 is 5.05. The number of carbonyl (C=O) groups is 1. The third kappa shape index (κ3) is 3.07. The monoisotopic (exact) mass is 249 g/mol. The van der Waals surface area contributed by atoms with Crippen LogP contribution in [-0.4, -0.2) is 22.5 Å². The van der Waals surface area contributed by atoms with Crippen molar-refractivity contribution in [1.29, 1.82) is 0 Å². The molecule has 17 heavy (non-hydrogen) atoms. The van der Waals surface area contributed by atoms with Gasteiger partial charge in [0.05, 0.1) is 17.7 Å². The van der Waals surface area contributed by atoms with Crippen molar-refractivity contribution in [2.45, 2.75) is 11.7 Å². The fourth-order valence-corrected chi connectivity index (χ4v) is 2.18. The van der Waals surface area contributed by atoms with Crippen LogP contribution in [0.3, 0.4) is 0 Å². The smallest absolute Gasteiger partial charge is 0.239 e. The molecule has 2 rings (SSSR count). The van der Waals surface area contributed by atoms with Gasteiger partial charge in [-0.3, -0.25) is 4.79 Å². The molecule has 1 aromatic heterocycles. The number of amidine groups is 1. The summed E-state index contributed by atoms with van der Waals surface area (Å²) in [5.41, 5.74) is 0. The first kappa shape index (κ1) is 11.7. The average Bonchev–Trinajstić information content (AvgIpc) is 2.91. The summed E-state index contributed by atoms with van der Waals surface area (Å²) in [4.78, 5) is 11.4. The molecule has 0 radical (unpaired) electrons. The van der Waals surface area contributed by atoms with Crippen LogP contribution >= 0.6 is 11.8 Å². The van der Waals surface area contributed by atoms with Crippen LogP contribution in [-0.2, 0) is 4.79 Å². The number of allylic oxidation sites excluding steroid dienone is 1. The molecule has 88 valence electrons. The molecule has 0 aliphatic carbocycles. The molecule has 5 nitrogen and oxygen atoms in total. The SMILES string of the molecule is C=CC[C@@H]1S/C(=N\N=C/c2ccco2)NC1=O. The Morgan fingerprint density at radius 3 is 3.24 bits per heavy atom. The molecule has 1 fully saturated rings. The highest BCUT2D eigenvalue weighted by Gasteiger charge is 2.28. The van der Waals surface area contributed by atoms with Crippen molar-refractivity contribution >= 4 is 29.1 Å². The summed E-state index contributed by atoms with van der Waals surface area (Å²) in [5.74, 6) is 0.563. The Labute approximate surface area is 103 Å². The third-order valence-electron chi connectivity index (χ3n) is 2.03. The maximum atomic E-state index is 11.4. The molecule has 1 N–H and O–H groups in total. The van der Waals surface area contributed by atoms with E-state index < -0.39 is 0 Å². The van der Waals surface area contributed by atoms with Crippen molar-refractivity contribution < 1.29 is 9.21 Å². The van der Waals surface area contributed by atoms with E-state index in [0.717, 1.165) is 0 Å². The molecule has 0 bridgehead atoms. The molecule has 1 aromatic rings. The van der Waals surface area contributed by atoms with E-state index in [1.807, 2.05) is 0 Å². The second kappa shape index (κ2) is 5.49. The summed E-state index contributed by atoms with van der Waals surface area (Å²) in [6, 6.07) is 3.53. The summed E-state index contributed by atoms with van der Waals surface area (Å²) in [5, 5.41) is 10.7. The van der Waals surface area contributed by atoms with Gasteiger partial charge in [0.15, 0.2) is 5.17 Å². The van der Waals surface area contributed by atoms with E-state index in [2.05, 4.69) is 22.1 Å². The third-order valence-corrected chi connectivity index (χ3v) is 3.13. The van der Waals surface area contributed by atoms with Crippen LogP contribution in [0.1, 0.15) is 12.2 Å². The van der Waals surface area contributed by atoms with Gasteiger partial charge in [-0.05, 0) is 18.6 Å². The number of furan rings is 1. The van der Waals surface area contributed by atoms with Gasteiger partial charge in [-0.1, -0.05) is 17.8 Å². The van der Waals surface area contributed by atoms with Gasteiger partial charge in [0.1, 0.15) is 5.76 Å². The first-order chi connectivity index (χ1) is 8.29. The molecule has 0 unspecified atom stereocenters. The Hall–Kier alpha value is -1.82. The zero-order chi connectivity index (χ0) is 12.1. The standard InChI is InChI=1S/C11H11N3O2S/c1-2-4-9-10(15)13-11(17-9)14-12-7-8-5-3-6-16-8/h2-3,5-7,9H,1,4H2,(H,13,14,15)/b12-7-/t9-/m0/s1. The lowest BCUT2D eigenvalue weighted by molar-refractivity contribution is -0.118. The van der Waals surface area contributed by atoms with E-state index >= 15 is 0 Å². The lowest BCUT2D eigenvalue weighted by atomic mass is 10.3. The van der Waals surface area contributed by atoms with Gasteiger partial charge >= 0.3 is 0 Å². The van der Waals surface area contributed by atoms with Crippen molar-refractivity contribution in [2.24, 2.45) is 10.2 Å². The molecule has 1 aliphatic rings. The lowest BCUT2D eigenvalue weighted by Crippen LogP contribution is -2.24. The van der Waals surface area contributed by atoms with Gasteiger partial charge < -0.3 is 9.73 Å². The highest BCUT2D eigenvalue weighted by Crippen LogP contribution is 2.22. The van der Waals surface area contributed by atoms with Crippen LogP contribution in [0.15, 0.2) is 45.7 Å².